The summed E-state index contributed by atoms with van der Waals surface area (Å²) in [6.45, 7) is 1.94. The zero-order chi connectivity index (χ0) is 12.4. The number of hydrogen-bond donors (Lipinski definition) is 1. The molecule has 0 aromatic heterocycles. The molecule has 2 aromatic rings. The number of aryl methyl sites for hydroxylation is 1. The Balaban J connectivity index is 2.33. The molecule has 0 aliphatic heterocycles. The molecule has 0 amide bonds. The average Bonchev–Trinajstić information content (AvgIpc) is 2.33. The molecule has 2 rings (SSSR count). The first-order valence-corrected chi connectivity index (χ1v) is 6.44. The SMILES string of the molecule is Cc1ccc(C(O)c2ccc(Br)cc2)cc1Cl. The Morgan fingerprint density at radius 3 is 2.24 bits per heavy atom. The molecular formula is C14H12BrClO. The minimum atomic E-state index is -0.638. The maximum absolute atomic E-state index is 10.2. The first-order chi connectivity index (χ1) is 8.08. The third kappa shape index (κ3) is 2.89. The van der Waals surface area contributed by atoms with Gasteiger partial charge in [0.1, 0.15) is 6.10 Å². The molecule has 88 valence electrons. The fourth-order valence-electron chi connectivity index (χ4n) is 1.62. The summed E-state index contributed by atoms with van der Waals surface area (Å²) in [5, 5.41) is 10.9. The lowest BCUT2D eigenvalue weighted by Gasteiger charge is -2.12. The quantitative estimate of drug-likeness (QED) is 0.866. The fourth-order valence-corrected chi connectivity index (χ4v) is 2.07. The molecule has 1 N–H and O–H groups in total. The normalized spacial score (nSPS) is 12.5. The fraction of sp³-hybridized carbons (Fsp3) is 0.143. The van der Waals surface area contributed by atoms with Gasteiger partial charge in [-0.2, -0.15) is 0 Å². The highest BCUT2D eigenvalue weighted by Crippen LogP contribution is 2.26. The predicted molar refractivity (Wildman–Crippen MR) is 74.4 cm³/mol. The maximum atomic E-state index is 10.2. The van der Waals surface area contributed by atoms with Crippen LogP contribution in [0.4, 0.5) is 0 Å². The molecule has 0 bridgehead atoms. The monoisotopic (exact) mass is 310 g/mol. The summed E-state index contributed by atoms with van der Waals surface area (Å²) in [4.78, 5) is 0. The van der Waals surface area contributed by atoms with E-state index in [1.54, 1.807) is 0 Å². The summed E-state index contributed by atoms with van der Waals surface area (Å²) in [6, 6.07) is 13.2. The number of benzene rings is 2. The summed E-state index contributed by atoms with van der Waals surface area (Å²) in [5.74, 6) is 0. The van der Waals surface area contributed by atoms with E-state index in [1.807, 2.05) is 49.4 Å². The van der Waals surface area contributed by atoms with Crippen LogP contribution in [-0.4, -0.2) is 5.11 Å². The largest absolute Gasteiger partial charge is 0.384 e. The Morgan fingerprint density at radius 1 is 1.06 bits per heavy atom. The van der Waals surface area contributed by atoms with Crippen molar-refractivity contribution in [3.8, 4) is 0 Å². The molecule has 1 nitrogen and oxygen atoms in total. The number of hydrogen-bond acceptors (Lipinski definition) is 1. The van der Waals surface area contributed by atoms with Crippen LogP contribution in [0.5, 0.6) is 0 Å². The molecule has 1 unspecified atom stereocenters. The van der Waals surface area contributed by atoms with Crippen molar-refractivity contribution in [1.82, 2.24) is 0 Å². The van der Waals surface area contributed by atoms with Crippen molar-refractivity contribution in [3.63, 3.8) is 0 Å². The van der Waals surface area contributed by atoms with Gasteiger partial charge in [-0.25, -0.2) is 0 Å². The number of halogens is 2. The van der Waals surface area contributed by atoms with Crippen molar-refractivity contribution in [3.05, 3.63) is 68.7 Å². The molecule has 3 heteroatoms. The van der Waals surface area contributed by atoms with Crippen molar-refractivity contribution in [2.75, 3.05) is 0 Å². The smallest absolute Gasteiger partial charge is 0.104 e. The van der Waals surface area contributed by atoms with E-state index in [-0.39, 0.29) is 0 Å². The maximum Gasteiger partial charge on any atom is 0.104 e. The van der Waals surface area contributed by atoms with Gasteiger partial charge in [0, 0.05) is 9.50 Å². The Morgan fingerprint density at radius 2 is 1.65 bits per heavy atom. The van der Waals surface area contributed by atoms with E-state index in [9.17, 15) is 5.11 Å². The molecule has 17 heavy (non-hydrogen) atoms. The van der Waals surface area contributed by atoms with Crippen LogP contribution in [0.15, 0.2) is 46.9 Å². The lowest BCUT2D eigenvalue weighted by atomic mass is 10.0. The molecule has 0 saturated heterocycles. The van der Waals surface area contributed by atoms with Crippen molar-refractivity contribution >= 4 is 27.5 Å². The van der Waals surface area contributed by atoms with Crippen LogP contribution in [0.2, 0.25) is 5.02 Å². The first-order valence-electron chi connectivity index (χ1n) is 5.27. The second kappa shape index (κ2) is 5.21. The van der Waals surface area contributed by atoms with Crippen molar-refractivity contribution < 1.29 is 5.11 Å². The Kier molecular flexibility index (Phi) is 3.87. The highest BCUT2D eigenvalue weighted by molar-refractivity contribution is 9.10. The second-order valence-corrected chi connectivity index (χ2v) is 5.29. The molecule has 0 radical (unpaired) electrons. The van der Waals surface area contributed by atoms with Gasteiger partial charge < -0.3 is 5.11 Å². The predicted octanol–water partition coefficient (Wildman–Crippen LogP) is 4.49. The van der Waals surface area contributed by atoms with E-state index in [1.165, 1.54) is 0 Å². The topological polar surface area (TPSA) is 20.2 Å². The van der Waals surface area contributed by atoms with Gasteiger partial charge in [0.05, 0.1) is 0 Å². The van der Waals surface area contributed by atoms with E-state index in [4.69, 9.17) is 11.6 Å². The van der Waals surface area contributed by atoms with E-state index in [2.05, 4.69) is 15.9 Å². The van der Waals surface area contributed by atoms with Crippen LogP contribution >= 0.6 is 27.5 Å². The Bertz CT molecular complexity index is 522. The minimum Gasteiger partial charge on any atom is -0.384 e. The molecule has 0 saturated carbocycles. The molecule has 0 fully saturated rings. The molecule has 1 atom stereocenters. The van der Waals surface area contributed by atoms with Gasteiger partial charge in [-0.1, -0.05) is 51.8 Å². The average molecular weight is 312 g/mol. The zero-order valence-electron chi connectivity index (χ0n) is 9.32. The van der Waals surface area contributed by atoms with Crippen molar-refractivity contribution in [1.29, 1.82) is 0 Å². The summed E-state index contributed by atoms with van der Waals surface area (Å²) in [5.41, 5.74) is 2.68. The lowest BCUT2D eigenvalue weighted by molar-refractivity contribution is 0.220. The minimum absolute atomic E-state index is 0.638. The second-order valence-electron chi connectivity index (χ2n) is 3.96. The Hall–Kier alpha value is -0.830. The first kappa shape index (κ1) is 12.6. The van der Waals surface area contributed by atoms with Crippen LogP contribution < -0.4 is 0 Å². The Labute approximate surface area is 114 Å². The third-order valence-electron chi connectivity index (χ3n) is 2.70. The molecule has 2 aromatic carbocycles. The molecule has 0 heterocycles. The van der Waals surface area contributed by atoms with Gasteiger partial charge in [-0.3, -0.25) is 0 Å². The van der Waals surface area contributed by atoms with Crippen molar-refractivity contribution in [2.45, 2.75) is 13.0 Å². The molecule has 0 spiro atoms. The van der Waals surface area contributed by atoms with Crippen LogP contribution in [0, 0.1) is 6.92 Å². The summed E-state index contributed by atoms with van der Waals surface area (Å²) in [7, 11) is 0. The molecule has 0 aliphatic carbocycles. The van der Waals surface area contributed by atoms with Crippen LogP contribution in [0.1, 0.15) is 22.8 Å². The van der Waals surface area contributed by atoms with Gasteiger partial charge in [-0.05, 0) is 41.8 Å². The van der Waals surface area contributed by atoms with Crippen molar-refractivity contribution in [2.24, 2.45) is 0 Å². The van der Waals surface area contributed by atoms with E-state index in [0.717, 1.165) is 21.2 Å². The van der Waals surface area contributed by atoms with E-state index in [0.29, 0.717) is 5.02 Å². The third-order valence-corrected chi connectivity index (χ3v) is 3.63. The molecule has 0 aliphatic rings. The van der Waals surface area contributed by atoms with Crippen LogP contribution in [0.25, 0.3) is 0 Å². The summed E-state index contributed by atoms with van der Waals surface area (Å²) >= 11 is 9.42. The van der Waals surface area contributed by atoms with E-state index >= 15 is 0 Å². The zero-order valence-corrected chi connectivity index (χ0v) is 11.7. The van der Waals surface area contributed by atoms with Gasteiger partial charge in [0.15, 0.2) is 0 Å². The van der Waals surface area contributed by atoms with Crippen LogP contribution in [-0.2, 0) is 0 Å². The highest BCUT2D eigenvalue weighted by atomic mass is 79.9. The molecular weight excluding hydrogens is 300 g/mol. The standard InChI is InChI=1S/C14H12BrClO/c1-9-2-3-11(8-13(9)16)14(17)10-4-6-12(15)7-5-10/h2-8,14,17H,1H3. The van der Waals surface area contributed by atoms with Gasteiger partial charge in [-0.15, -0.1) is 0 Å². The van der Waals surface area contributed by atoms with Gasteiger partial charge in [0.25, 0.3) is 0 Å². The van der Waals surface area contributed by atoms with E-state index < -0.39 is 6.10 Å². The van der Waals surface area contributed by atoms with Crippen LogP contribution in [0.3, 0.4) is 0 Å². The van der Waals surface area contributed by atoms with Gasteiger partial charge >= 0.3 is 0 Å². The number of rotatable bonds is 2. The van der Waals surface area contributed by atoms with Gasteiger partial charge in [0.2, 0.25) is 0 Å². The number of aliphatic hydroxyl groups excluding tert-OH is 1. The summed E-state index contributed by atoms with van der Waals surface area (Å²) < 4.78 is 0.996. The highest BCUT2D eigenvalue weighted by Gasteiger charge is 2.11. The lowest BCUT2D eigenvalue weighted by Crippen LogP contribution is -1.99. The number of aliphatic hydroxyl groups is 1. The summed E-state index contributed by atoms with van der Waals surface area (Å²) in [6.07, 6.45) is -0.638.